The lowest BCUT2D eigenvalue weighted by atomic mass is 9.79. The molecule has 2 N–H and O–H groups in total. The van der Waals surface area contributed by atoms with E-state index in [1.54, 1.807) is 0 Å². The van der Waals surface area contributed by atoms with Gasteiger partial charge < -0.3 is 5.73 Å². The summed E-state index contributed by atoms with van der Waals surface area (Å²) in [5, 5.41) is 4.21. The predicted octanol–water partition coefficient (Wildman–Crippen LogP) is 1.78. The van der Waals surface area contributed by atoms with E-state index in [-0.39, 0.29) is 5.92 Å². The highest BCUT2D eigenvalue weighted by molar-refractivity contribution is 5.83. The highest BCUT2D eigenvalue weighted by Crippen LogP contribution is 2.29. The molecule has 0 saturated heterocycles. The summed E-state index contributed by atoms with van der Waals surface area (Å²) in [4.78, 5) is 12.2. The van der Waals surface area contributed by atoms with Crippen LogP contribution in [0.4, 0.5) is 0 Å². The maximum Gasteiger partial charge on any atom is 0.140 e. The highest BCUT2D eigenvalue weighted by atomic mass is 16.1. The quantitative estimate of drug-likeness (QED) is 0.865. The summed E-state index contributed by atoms with van der Waals surface area (Å²) in [6, 6.07) is 0. The van der Waals surface area contributed by atoms with E-state index < -0.39 is 0 Å². The number of nitrogens with two attached hydrogens (primary N) is 1. The van der Waals surface area contributed by atoms with E-state index in [1.807, 2.05) is 24.0 Å². The molecule has 0 bridgehead atoms. The average molecular weight is 249 g/mol. The van der Waals surface area contributed by atoms with E-state index >= 15 is 0 Å². The molecule has 0 radical (unpaired) electrons. The SMILES string of the molecule is CCn1cc(CC(=O)C2CCC(CN)CC2)cn1. The van der Waals surface area contributed by atoms with Gasteiger partial charge in [0.05, 0.1) is 6.20 Å². The second-order valence-corrected chi connectivity index (χ2v) is 5.30. The fraction of sp³-hybridized carbons (Fsp3) is 0.714. The molecule has 0 unspecified atom stereocenters. The van der Waals surface area contributed by atoms with Crippen molar-refractivity contribution in [3.63, 3.8) is 0 Å². The Morgan fingerprint density at radius 1 is 1.44 bits per heavy atom. The number of hydrogen-bond donors (Lipinski definition) is 1. The summed E-state index contributed by atoms with van der Waals surface area (Å²) >= 11 is 0. The van der Waals surface area contributed by atoms with Crippen LogP contribution in [0.2, 0.25) is 0 Å². The highest BCUT2D eigenvalue weighted by Gasteiger charge is 2.25. The van der Waals surface area contributed by atoms with E-state index in [0.29, 0.717) is 18.1 Å². The lowest BCUT2D eigenvalue weighted by Gasteiger charge is -2.26. The summed E-state index contributed by atoms with van der Waals surface area (Å²) in [5.74, 6) is 1.26. The maximum absolute atomic E-state index is 12.2. The molecule has 1 heterocycles. The number of Topliss-reactive ketones (excluding diaryl/α,β-unsaturated/α-hetero) is 1. The maximum atomic E-state index is 12.2. The van der Waals surface area contributed by atoms with Crippen molar-refractivity contribution in [2.45, 2.75) is 45.6 Å². The molecule has 1 aliphatic rings. The minimum absolute atomic E-state index is 0.248. The topological polar surface area (TPSA) is 60.9 Å². The van der Waals surface area contributed by atoms with E-state index in [1.165, 1.54) is 0 Å². The minimum Gasteiger partial charge on any atom is -0.330 e. The Kier molecular flexibility index (Phi) is 4.53. The molecule has 18 heavy (non-hydrogen) atoms. The largest absolute Gasteiger partial charge is 0.330 e. The molecular formula is C14H23N3O. The Balaban J connectivity index is 1.85. The van der Waals surface area contributed by atoms with Gasteiger partial charge in [0, 0.05) is 25.1 Å². The summed E-state index contributed by atoms with van der Waals surface area (Å²) in [5.41, 5.74) is 6.71. The lowest BCUT2D eigenvalue weighted by molar-refractivity contribution is -0.123. The van der Waals surface area contributed by atoms with Crippen LogP contribution >= 0.6 is 0 Å². The van der Waals surface area contributed by atoms with E-state index in [9.17, 15) is 4.79 Å². The first-order valence-corrected chi connectivity index (χ1v) is 6.97. The van der Waals surface area contributed by atoms with Crippen LogP contribution < -0.4 is 5.73 Å². The molecular weight excluding hydrogens is 226 g/mol. The monoisotopic (exact) mass is 249 g/mol. The molecule has 1 saturated carbocycles. The number of nitrogens with zero attached hydrogens (tertiary/aromatic N) is 2. The summed E-state index contributed by atoms with van der Waals surface area (Å²) in [7, 11) is 0. The van der Waals surface area contributed by atoms with Crippen molar-refractivity contribution in [1.29, 1.82) is 0 Å². The summed E-state index contributed by atoms with van der Waals surface area (Å²) < 4.78 is 1.87. The Bertz CT molecular complexity index is 391. The van der Waals surface area contributed by atoms with Crippen LogP contribution in [0.15, 0.2) is 12.4 Å². The average Bonchev–Trinajstić information content (AvgIpc) is 2.86. The third-order valence-electron chi connectivity index (χ3n) is 4.02. The number of carbonyl (C=O) groups is 1. The van der Waals surface area contributed by atoms with Crippen molar-refractivity contribution in [3.05, 3.63) is 18.0 Å². The van der Waals surface area contributed by atoms with Crippen molar-refractivity contribution in [2.75, 3.05) is 6.54 Å². The van der Waals surface area contributed by atoms with Gasteiger partial charge >= 0.3 is 0 Å². The molecule has 1 fully saturated rings. The second kappa shape index (κ2) is 6.14. The molecule has 0 aromatic carbocycles. The molecule has 1 aromatic heterocycles. The van der Waals surface area contributed by atoms with Gasteiger partial charge in [0.25, 0.3) is 0 Å². The molecule has 1 aromatic rings. The minimum atomic E-state index is 0.248. The van der Waals surface area contributed by atoms with Gasteiger partial charge in [-0.05, 0) is 50.6 Å². The van der Waals surface area contributed by atoms with Crippen LogP contribution in [-0.2, 0) is 17.8 Å². The Morgan fingerprint density at radius 3 is 2.72 bits per heavy atom. The summed E-state index contributed by atoms with van der Waals surface area (Å²) in [6.45, 7) is 3.67. The van der Waals surface area contributed by atoms with Gasteiger partial charge in [0.15, 0.2) is 0 Å². The number of rotatable bonds is 5. The Labute approximate surface area is 109 Å². The van der Waals surface area contributed by atoms with Crippen LogP contribution in [0.1, 0.15) is 38.2 Å². The first-order chi connectivity index (χ1) is 8.72. The van der Waals surface area contributed by atoms with Crippen molar-refractivity contribution in [3.8, 4) is 0 Å². The molecule has 2 rings (SSSR count). The van der Waals surface area contributed by atoms with Crippen molar-refractivity contribution < 1.29 is 4.79 Å². The van der Waals surface area contributed by atoms with Gasteiger partial charge in [-0.2, -0.15) is 5.10 Å². The van der Waals surface area contributed by atoms with Crippen molar-refractivity contribution >= 4 is 5.78 Å². The van der Waals surface area contributed by atoms with Gasteiger partial charge in [-0.1, -0.05) is 0 Å². The molecule has 4 nitrogen and oxygen atoms in total. The van der Waals surface area contributed by atoms with Crippen LogP contribution in [-0.4, -0.2) is 22.1 Å². The fourth-order valence-corrected chi connectivity index (χ4v) is 2.74. The molecule has 0 aliphatic heterocycles. The molecule has 4 heteroatoms. The molecule has 1 aliphatic carbocycles. The zero-order chi connectivity index (χ0) is 13.0. The van der Waals surface area contributed by atoms with Crippen molar-refractivity contribution in [2.24, 2.45) is 17.6 Å². The zero-order valence-corrected chi connectivity index (χ0v) is 11.1. The van der Waals surface area contributed by atoms with Crippen LogP contribution in [0.25, 0.3) is 0 Å². The van der Waals surface area contributed by atoms with E-state index in [0.717, 1.165) is 44.3 Å². The zero-order valence-electron chi connectivity index (χ0n) is 11.1. The third kappa shape index (κ3) is 3.19. The smallest absolute Gasteiger partial charge is 0.140 e. The molecule has 0 spiro atoms. The fourth-order valence-electron chi connectivity index (χ4n) is 2.74. The van der Waals surface area contributed by atoms with Crippen LogP contribution in [0.3, 0.4) is 0 Å². The second-order valence-electron chi connectivity index (χ2n) is 5.30. The number of aromatic nitrogens is 2. The van der Waals surface area contributed by atoms with Gasteiger partial charge in [-0.25, -0.2) is 0 Å². The van der Waals surface area contributed by atoms with Crippen LogP contribution in [0, 0.1) is 11.8 Å². The van der Waals surface area contributed by atoms with Gasteiger partial charge in [-0.3, -0.25) is 9.48 Å². The molecule has 0 atom stereocenters. The van der Waals surface area contributed by atoms with Crippen molar-refractivity contribution in [1.82, 2.24) is 9.78 Å². The Hall–Kier alpha value is -1.16. The van der Waals surface area contributed by atoms with Gasteiger partial charge in [0.2, 0.25) is 0 Å². The molecule has 100 valence electrons. The normalized spacial score (nSPS) is 24.1. The third-order valence-corrected chi connectivity index (χ3v) is 4.02. The number of carbonyl (C=O) groups excluding carboxylic acids is 1. The number of hydrogen-bond acceptors (Lipinski definition) is 3. The number of aryl methyl sites for hydroxylation is 1. The van der Waals surface area contributed by atoms with Crippen LogP contribution in [0.5, 0.6) is 0 Å². The predicted molar refractivity (Wildman–Crippen MR) is 71.1 cm³/mol. The van der Waals surface area contributed by atoms with E-state index in [4.69, 9.17) is 5.73 Å². The van der Waals surface area contributed by atoms with Gasteiger partial charge in [0.1, 0.15) is 5.78 Å². The summed E-state index contributed by atoms with van der Waals surface area (Å²) in [6.07, 6.45) is 8.59. The van der Waals surface area contributed by atoms with Gasteiger partial charge in [-0.15, -0.1) is 0 Å². The Morgan fingerprint density at radius 2 is 2.17 bits per heavy atom. The standard InChI is InChI=1S/C14H23N3O/c1-2-17-10-12(9-16-17)7-14(18)13-5-3-11(8-15)4-6-13/h9-11,13H,2-8,15H2,1H3. The molecule has 0 amide bonds. The van der Waals surface area contributed by atoms with E-state index in [2.05, 4.69) is 5.10 Å². The number of ketones is 1. The first kappa shape index (κ1) is 13.3. The lowest BCUT2D eigenvalue weighted by Crippen LogP contribution is -2.26. The first-order valence-electron chi connectivity index (χ1n) is 6.97.